The Morgan fingerprint density at radius 1 is 1.29 bits per heavy atom. The van der Waals surface area contributed by atoms with Crippen LogP contribution in [0.4, 0.5) is 0 Å². The first-order valence-electron chi connectivity index (χ1n) is 5.84. The molecule has 0 aromatic heterocycles. The number of hydrogen-bond acceptors (Lipinski definition) is 2. The van der Waals surface area contributed by atoms with E-state index in [2.05, 4.69) is 19.2 Å². The molecule has 1 fully saturated rings. The molecule has 84 valence electrons. The second-order valence-electron chi connectivity index (χ2n) is 5.70. The summed E-state index contributed by atoms with van der Waals surface area (Å²) >= 11 is 0. The van der Waals surface area contributed by atoms with Crippen molar-refractivity contribution in [1.29, 1.82) is 0 Å². The summed E-state index contributed by atoms with van der Waals surface area (Å²) in [6.07, 6.45) is 3.91. The van der Waals surface area contributed by atoms with Gasteiger partial charge in [0.1, 0.15) is 0 Å². The lowest BCUT2D eigenvalue weighted by Crippen LogP contribution is -2.45. The second-order valence-corrected chi connectivity index (χ2v) is 5.70. The highest BCUT2D eigenvalue weighted by molar-refractivity contribution is 4.83. The Bertz CT molecular complexity index is 174. The van der Waals surface area contributed by atoms with Crippen LogP contribution >= 0.6 is 0 Å². The van der Waals surface area contributed by atoms with Gasteiger partial charge in [-0.15, -0.1) is 0 Å². The van der Waals surface area contributed by atoms with Crippen molar-refractivity contribution >= 4 is 0 Å². The maximum absolute atomic E-state index is 9.62. The third-order valence-corrected chi connectivity index (χ3v) is 3.23. The van der Waals surface area contributed by atoms with Gasteiger partial charge >= 0.3 is 0 Å². The standard InChI is InChI=1S/C12H25NO/c1-9-5-6-11(10(2)7-9)13-8-12(3,4)14/h9-11,13-14H,5-8H2,1-4H3. The maximum atomic E-state index is 9.62. The maximum Gasteiger partial charge on any atom is 0.0715 e. The summed E-state index contributed by atoms with van der Waals surface area (Å²) < 4.78 is 0. The Kier molecular flexibility index (Phi) is 3.96. The van der Waals surface area contributed by atoms with Crippen LogP contribution in [-0.2, 0) is 0 Å². The highest BCUT2D eigenvalue weighted by Crippen LogP contribution is 2.28. The average Bonchev–Trinajstić information content (AvgIpc) is 2.00. The van der Waals surface area contributed by atoms with Gasteiger partial charge in [0, 0.05) is 12.6 Å². The van der Waals surface area contributed by atoms with Gasteiger partial charge < -0.3 is 10.4 Å². The molecule has 3 atom stereocenters. The van der Waals surface area contributed by atoms with Crippen molar-refractivity contribution in [2.75, 3.05) is 6.54 Å². The van der Waals surface area contributed by atoms with E-state index < -0.39 is 5.60 Å². The van der Waals surface area contributed by atoms with Crippen LogP contribution in [0.2, 0.25) is 0 Å². The van der Waals surface area contributed by atoms with Gasteiger partial charge in [-0.3, -0.25) is 0 Å². The molecule has 0 spiro atoms. The lowest BCUT2D eigenvalue weighted by Gasteiger charge is -2.34. The molecule has 1 aliphatic rings. The van der Waals surface area contributed by atoms with E-state index in [1.807, 2.05) is 13.8 Å². The van der Waals surface area contributed by atoms with Crippen LogP contribution < -0.4 is 5.32 Å². The fourth-order valence-electron chi connectivity index (χ4n) is 2.35. The smallest absolute Gasteiger partial charge is 0.0715 e. The predicted octanol–water partition coefficient (Wildman–Crippen LogP) is 2.17. The Labute approximate surface area is 88.1 Å². The summed E-state index contributed by atoms with van der Waals surface area (Å²) in [7, 11) is 0. The van der Waals surface area contributed by atoms with Crippen LogP contribution in [-0.4, -0.2) is 23.3 Å². The van der Waals surface area contributed by atoms with Gasteiger partial charge in [0.05, 0.1) is 5.60 Å². The van der Waals surface area contributed by atoms with Gasteiger partial charge in [-0.05, 0) is 44.9 Å². The summed E-state index contributed by atoms with van der Waals surface area (Å²) in [6, 6.07) is 0.609. The van der Waals surface area contributed by atoms with Crippen molar-refractivity contribution in [1.82, 2.24) is 5.32 Å². The minimum atomic E-state index is -0.581. The minimum absolute atomic E-state index is 0.581. The molecule has 0 aromatic rings. The van der Waals surface area contributed by atoms with Crippen LogP contribution in [0.5, 0.6) is 0 Å². The zero-order chi connectivity index (χ0) is 10.8. The topological polar surface area (TPSA) is 32.3 Å². The van der Waals surface area contributed by atoms with E-state index >= 15 is 0 Å². The molecule has 2 nitrogen and oxygen atoms in total. The fraction of sp³-hybridized carbons (Fsp3) is 1.00. The Hall–Kier alpha value is -0.0800. The van der Waals surface area contributed by atoms with E-state index in [1.165, 1.54) is 19.3 Å². The van der Waals surface area contributed by atoms with Crippen molar-refractivity contribution in [3.63, 3.8) is 0 Å². The van der Waals surface area contributed by atoms with Gasteiger partial charge in [0.15, 0.2) is 0 Å². The summed E-state index contributed by atoms with van der Waals surface area (Å²) in [4.78, 5) is 0. The summed E-state index contributed by atoms with van der Waals surface area (Å²) in [5, 5.41) is 13.1. The zero-order valence-electron chi connectivity index (χ0n) is 10.0. The first-order valence-corrected chi connectivity index (χ1v) is 5.84. The molecule has 0 bridgehead atoms. The molecule has 0 heterocycles. The van der Waals surface area contributed by atoms with E-state index in [-0.39, 0.29) is 0 Å². The van der Waals surface area contributed by atoms with Crippen molar-refractivity contribution < 1.29 is 5.11 Å². The van der Waals surface area contributed by atoms with E-state index in [0.29, 0.717) is 12.6 Å². The molecule has 3 unspecified atom stereocenters. The van der Waals surface area contributed by atoms with Crippen LogP contribution in [0.3, 0.4) is 0 Å². The first kappa shape index (κ1) is 12.0. The highest BCUT2D eigenvalue weighted by atomic mass is 16.3. The molecule has 0 amide bonds. The average molecular weight is 199 g/mol. The largest absolute Gasteiger partial charge is 0.389 e. The van der Waals surface area contributed by atoms with Crippen molar-refractivity contribution in [2.45, 2.75) is 58.6 Å². The number of hydrogen-bond donors (Lipinski definition) is 2. The van der Waals surface area contributed by atoms with Crippen LogP contribution in [0.25, 0.3) is 0 Å². The molecule has 0 saturated heterocycles. The molecule has 1 saturated carbocycles. The van der Waals surface area contributed by atoms with Gasteiger partial charge in [0.25, 0.3) is 0 Å². The van der Waals surface area contributed by atoms with Gasteiger partial charge in [-0.1, -0.05) is 13.8 Å². The summed E-state index contributed by atoms with van der Waals surface area (Å²) in [5.41, 5.74) is -0.581. The number of rotatable bonds is 3. The fourth-order valence-corrected chi connectivity index (χ4v) is 2.35. The molecule has 2 N–H and O–H groups in total. The molecular formula is C12H25NO. The molecule has 2 heteroatoms. The summed E-state index contributed by atoms with van der Waals surface area (Å²) in [5.74, 6) is 1.63. The molecular weight excluding hydrogens is 174 g/mol. The highest BCUT2D eigenvalue weighted by Gasteiger charge is 2.26. The van der Waals surface area contributed by atoms with Crippen molar-refractivity contribution in [2.24, 2.45) is 11.8 Å². The van der Waals surface area contributed by atoms with E-state index in [4.69, 9.17) is 0 Å². The zero-order valence-corrected chi connectivity index (χ0v) is 10.0. The third-order valence-electron chi connectivity index (χ3n) is 3.23. The number of aliphatic hydroxyl groups is 1. The molecule has 0 aromatic carbocycles. The Morgan fingerprint density at radius 2 is 1.93 bits per heavy atom. The SMILES string of the molecule is CC1CCC(NCC(C)(C)O)C(C)C1. The molecule has 0 radical (unpaired) electrons. The Balaban J connectivity index is 2.31. The summed E-state index contributed by atoms with van der Waals surface area (Å²) in [6.45, 7) is 9.07. The molecule has 0 aliphatic heterocycles. The third kappa shape index (κ3) is 3.97. The second kappa shape index (κ2) is 4.63. The number of nitrogens with one attached hydrogen (secondary N) is 1. The van der Waals surface area contributed by atoms with Crippen molar-refractivity contribution in [3.05, 3.63) is 0 Å². The normalized spacial score (nSPS) is 34.5. The van der Waals surface area contributed by atoms with Crippen LogP contribution in [0.15, 0.2) is 0 Å². The van der Waals surface area contributed by atoms with Gasteiger partial charge in [-0.25, -0.2) is 0 Å². The quantitative estimate of drug-likeness (QED) is 0.730. The Morgan fingerprint density at radius 3 is 2.43 bits per heavy atom. The van der Waals surface area contributed by atoms with E-state index in [9.17, 15) is 5.11 Å². The first-order chi connectivity index (χ1) is 6.38. The van der Waals surface area contributed by atoms with Crippen LogP contribution in [0, 0.1) is 11.8 Å². The van der Waals surface area contributed by atoms with Gasteiger partial charge in [0.2, 0.25) is 0 Å². The molecule has 14 heavy (non-hydrogen) atoms. The van der Waals surface area contributed by atoms with E-state index in [0.717, 1.165) is 11.8 Å². The molecule has 1 aliphatic carbocycles. The predicted molar refractivity (Wildman–Crippen MR) is 60.3 cm³/mol. The van der Waals surface area contributed by atoms with Crippen LogP contribution in [0.1, 0.15) is 47.0 Å². The van der Waals surface area contributed by atoms with E-state index in [1.54, 1.807) is 0 Å². The lowest BCUT2D eigenvalue weighted by molar-refractivity contribution is 0.0695. The minimum Gasteiger partial charge on any atom is -0.389 e. The lowest BCUT2D eigenvalue weighted by atomic mass is 9.80. The van der Waals surface area contributed by atoms with Crippen molar-refractivity contribution in [3.8, 4) is 0 Å². The monoisotopic (exact) mass is 199 g/mol. The molecule has 1 rings (SSSR count). The van der Waals surface area contributed by atoms with Gasteiger partial charge in [-0.2, -0.15) is 0 Å².